The quantitative estimate of drug-likeness (QED) is 0.827. The molecule has 0 aliphatic rings. The molecule has 0 heterocycles. The fourth-order valence-corrected chi connectivity index (χ4v) is 1.44. The van der Waals surface area contributed by atoms with E-state index in [2.05, 4.69) is 15.4 Å². The molecule has 4 nitrogen and oxygen atoms in total. The van der Waals surface area contributed by atoms with Crippen LogP contribution in [-0.2, 0) is 24.4 Å². The summed E-state index contributed by atoms with van der Waals surface area (Å²) in [5.41, 5.74) is 0. The van der Waals surface area contributed by atoms with Gasteiger partial charge in [-0.05, 0) is 24.3 Å². The molecule has 0 aliphatic carbocycles. The molecule has 1 aromatic carbocycles. The van der Waals surface area contributed by atoms with Crippen LogP contribution in [-0.4, -0.2) is 22.0 Å². The van der Waals surface area contributed by atoms with Crippen LogP contribution in [0.2, 0.25) is 5.02 Å². The molecule has 84 valence electrons. The first-order valence-corrected chi connectivity index (χ1v) is 6.72. The average Bonchev–Trinajstić information content (AvgIpc) is 2.14. The number of rotatable bonds is 5. The van der Waals surface area contributed by atoms with Crippen LogP contribution in [0.5, 0.6) is 5.75 Å². The van der Waals surface area contributed by atoms with E-state index in [0.29, 0.717) is 10.8 Å². The highest BCUT2D eigenvalue weighted by Crippen LogP contribution is 2.15. The van der Waals surface area contributed by atoms with Crippen molar-refractivity contribution >= 4 is 31.8 Å². The maximum absolute atomic E-state index is 10.5. The van der Waals surface area contributed by atoms with Crippen LogP contribution in [0.4, 0.5) is 0 Å². The van der Waals surface area contributed by atoms with Gasteiger partial charge in [-0.3, -0.25) is 8.74 Å². The third-order valence-corrected chi connectivity index (χ3v) is 2.40. The van der Waals surface area contributed by atoms with E-state index >= 15 is 0 Å². The highest BCUT2D eigenvalue weighted by molar-refractivity contribution is 8.27. The van der Waals surface area contributed by atoms with Gasteiger partial charge in [-0.2, -0.15) is 4.21 Å². The van der Waals surface area contributed by atoms with Crippen molar-refractivity contribution in [3.63, 3.8) is 0 Å². The largest absolute Gasteiger partial charge is 0.491 e. The molecule has 1 rings (SSSR count). The molecule has 0 aliphatic heterocycles. The topological polar surface area (TPSA) is 55.8 Å². The molecule has 0 spiro atoms. The zero-order chi connectivity index (χ0) is 11.3. The Balaban J connectivity index is 2.29. The number of benzene rings is 1. The van der Waals surface area contributed by atoms with E-state index in [1.807, 2.05) is 0 Å². The molecule has 0 amide bonds. The first-order chi connectivity index (χ1) is 6.97. The van der Waals surface area contributed by atoms with Gasteiger partial charge in [0.1, 0.15) is 19.0 Å². The van der Waals surface area contributed by atoms with E-state index < -0.39 is 9.05 Å². The molecule has 0 bridgehead atoms. The van der Waals surface area contributed by atoms with Gasteiger partial charge in [-0.25, -0.2) is 0 Å². The molecule has 1 N–H and O–H groups in total. The second-order valence-corrected chi connectivity index (χ2v) is 5.34. The summed E-state index contributed by atoms with van der Waals surface area (Å²) >= 11 is 9.79. The lowest BCUT2D eigenvalue weighted by Gasteiger charge is -2.05. The third kappa shape index (κ3) is 5.91. The second-order valence-electron chi connectivity index (χ2n) is 2.55. The normalized spacial score (nSPS) is 14.5. The van der Waals surface area contributed by atoms with Crippen LogP contribution in [0.15, 0.2) is 24.3 Å². The molecule has 0 aromatic heterocycles. The van der Waals surface area contributed by atoms with Crippen molar-refractivity contribution in [2.24, 2.45) is 0 Å². The summed E-state index contributed by atoms with van der Waals surface area (Å²) in [6.07, 6.45) is 0. The summed E-state index contributed by atoms with van der Waals surface area (Å²) < 4.78 is 28.7. The third-order valence-electron chi connectivity index (χ3n) is 1.40. The fraction of sp³-hybridized carbons (Fsp3) is 0.250. The minimum atomic E-state index is -3.55. The Morgan fingerprint density at radius 2 is 1.93 bits per heavy atom. The minimum Gasteiger partial charge on any atom is -0.491 e. The van der Waals surface area contributed by atoms with Gasteiger partial charge in [0.2, 0.25) is 0 Å². The lowest BCUT2D eigenvalue weighted by molar-refractivity contribution is 0.216. The van der Waals surface area contributed by atoms with Crippen molar-refractivity contribution < 1.29 is 17.7 Å². The van der Waals surface area contributed by atoms with Crippen molar-refractivity contribution in [2.75, 3.05) is 13.2 Å². The predicted molar refractivity (Wildman–Crippen MR) is 61.0 cm³/mol. The molecule has 7 heteroatoms. The van der Waals surface area contributed by atoms with Crippen molar-refractivity contribution in [1.29, 1.82) is 0 Å². The first-order valence-electron chi connectivity index (χ1n) is 3.97. The Kier molecular flexibility index (Phi) is 4.75. The fourth-order valence-electron chi connectivity index (χ4n) is 0.830. The Morgan fingerprint density at radius 3 is 2.47 bits per heavy atom. The van der Waals surface area contributed by atoms with Crippen LogP contribution in [0, 0.1) is 0 Å². The van der Waals surface area contributed by atoms with Gasteiger partial charge in [-0.1, -0.05) is 11.6 Å². The Bertz CT molecular complexity index is 401. The molecule has 0 saturated carbocycles. The maximum Gasteiger partial charge on any atom is 0.266 e. The number of hydrogen-bond acceptors (Lipinski definition) is 4. The molecular weight excluding hydrogens is 260 g/mol. The molecule has 1 aromatic rings. The van der Waals surface area contributed by atoms with Crippen LogP contribution in [0.1, 0.15) is 0 Å². The highest BCUT2D eigenvalue weighted by Gasteiger charge is 1.99. The molecule has 0 saturated heterocycles. The number of ether oxygens (including phenoxy) is 1. The van der Waals surface area contributed by atoms with E-state index in [1.54, 1.807) is 24.3 Å². The van der Waals surface area contributed by atoms with Gasteiger partial charge in [0.15, 0.2) is 0 Å². The van der Waals surface area contributed by atoms with Gasteiger partial charge in [0, 0.05) is 16.2 Å². The van der Waals surface area contributed by atoms with Crippen LogP contribution in [0.3, 0.4) is 0 Å². The summed E-state index contributed by atoms with van der Waals surface area (Å²) in [6.45, 7) is 0.108. The minimum absolute atomic E-state index is 0.0402. The van der Waals surface area contributed by atoms with E-state index in [1.165, 1.54) is 0 Å². The van der Waals surface area contributed by atoms with Gasteiger partial charge in [0.05, 0.1) is 0 Å². The molecule has 1 atom stereocenters. The maximum atomic E-state index is 10.5. The Labute approximate surface area is 97.9 Å². The van der Waals surface area contributed by atoms with Crippen molar-refractivity contribution in [3.05, 3.63) is 29.3 Å². The standard InChI is InChI=1S/C8H9ClO4S2/c9-7-1-3-8(4-2-7)12-5-6-13-15(10,11)14/h1-4H,5-6H2,(H,10,11,14). The van der Waals surface area contributed by atoms with E-state index in [-0.39, 0.29) is 13.2 Å². The van der Waals surface area contributed by atoms with Crippen LogP contribution < -0.4 is 4.74 Å². The highest BCUT2D eigenvalue weighted by atomic mass is 35.5. The van der Waals surface area contributed by atoms with E-state index in [0.717, 1.165) is 0 Å². The molecule has 1 unspecified atom stereocenters. The summed E-state index contributed by atoms with van der Waals surface area (Å²) in [7, 11) is -3.55. The predicted octanol–water partition coefficient (Wildman–Crippen LogP) is 1.87. The summed E-state index contributed by atoms with van der Waals surface area (Å²) in [4.78, 5) is 0. The molecule has 0 radical (unpaired) electrons. The first kappa shape index (κ1) is 12.7. The molecular formula is C8H9ClO4S2. The van der Waals surface area contributed by atoms with Crippen LogP contribution >= 0.6 is 11.6 Å². The summed E-state index contributed by atoms with van der Waals surface area (Å²) in [6, 6.07) is 6.73. The van der Waals surface area contributed by atoms with Gasteiger partial charge < -0.3 is 4.74 Å². The van der Waals surface area contributed by atoms with Crippen molar-refractivity contribution in [2.45, 2.75) is 0 Å². The smallest absolute Gasteiger partial charge is 0.266 e. The lowest BCUT2D eigenvalue weighted by atomic mass is 10.3. The second kappa shape index (κ2) is 5.62. The van der Waals surface area contributed by atoms with Crippen molar-refractivity contribution in [3.8, 4) is 5.75 Å². The van der Waals surface area contributed by atoms with Gasteiger partial charge >= 0.3 is 0 Å². The van der Waals surface area contributed by atoms with E-state index in [9.17, 15) is 4.21 Å². The van der Waals surface area contributed by atoms with Gasteiger partial charge in [-0.15, -0.1) is 0 Å². The zero-order valence-corrected chi connectivity index (χ0v) is 9.98. The zero-order valence-electron chi connectivity index (χ0n) is 7.59. The molecule has 0 fully saturated rings. The Hall–Kier alpha value is -0.400. The number of halogens is 1. The van der Waals surface area contributed by atoms with Gasteiger partial charge in [0.25, 0.3) is 9.05 Å². The summed E-state index contributed by atoms with van der Waals surface area (Å²) in [5, 5.41) is 0.613. The number of hydrogen-bond donors (Lipinski definition) is 1. The monoisotopic (exact) mass is 268 g/mol. The summed E-state index contributed by atoms with van der Waals surface area (Å²) in [5.74, 6) is 0.608. The lowest BCUT2D eigenvalue weighted by Crippen LogP contribution is -2.10. The SMILES string of the molecule is O=S(O)(=S)OCCOc1ccc(Cl)cc1. The van der Waals surface area contributed by atoms with Crippen LogP contribution in [0.25, 0.3) is 0 Å². The average molecular weight is 269 g/mol. The van der Waals surface area contributed by atoms with Crippen molar-refractivity contribution in [1.82, 2.24) is 0 Å². The Morgan fingerprint density at radius 1 is 1.33 bits per heavy atom. The molecule has 15 heavy (non-hydrogen) atoms. The van der Waals surface area contributed by atoms with E-state index in [4.69, 9.17) is 20.9 Å².